The Hall–Kier alpha value is 0.310. The monoisotopic (exact) mass is 201 g/mol. The van der Waals surface area contributed by atoms with Crippen molar-refractivity contribution in [3.63, 3.8) is 0 Å². The lowest BCUT2D eigenvalue weighted by molar-refractivity contribution is 0.393. The molecule has 2 heteroatoms. The summed E-state index contributed by atoms with van der Waals surface area (Å²) in [5.41, 5.74) is 0. The third-order valence-electron chi connectivity index (χ3n) is 3.15. The van der Waals surface area contributed by atoms with Gasteiger partial charge in [-0.2, -0.15) is 11.8 Å². The van der Waals surface area contributed by atoms with E-state index in [2.05, 4.69) is 18.5 Å². The highest BCUT2D eigenvalue weighted by Crippen LogP contribution is 2.30. The van der Waals surface area contributed by atoms with Crippen molar-refractivity contribution in [3.05, 3.63) is 0 Å². The topological polar surface area (TPSA) is 12.0 Å². The van der Waals surface area contributed by atoms with Crippen LogP contribution in [0.15, 0.2) is 0 Å². The maximum atomic E-state index is 3.58. The highest BCUT2D eigenvalue weighted by Gasteiger charge is 2.22. The minimum absolute atomic E-state index is 0.966. The SMILES string of the molecule is CSCCCNCC1CCCC1C. The van der Waals surface area contributed by atoms with E-state index in [1.54, 1.807) is 0 Å². The second-order valence-corrected chi connectivity index (χ2v) is 5.20. The molecule has 0 saturated heterocycles. The molecular formula is C11H23NS. The summed E-state index contributed by atoms with van der Waals surface area (Å²) < 4.78 is 0. The van der Waals surface area contributed by atoms with Crippen molar-refractivity contribution in [2.75, 3.05) is 25.1 Å². The average Bonchev–Trinajstić information content (AvgIpc) is 2.52. The van der Waals surface area contributed by atoms with Gasteiger partial charge in [0, 0.05) is 0 Å². The van der Waals surface area contributed by atoms with Crippen LogP contribution in [-0.4, -0.2) is 25.1 Å². The molecule has 0 radical (unpaired) electrons. The maximum Gasteiger partial charge on any atom is -0.00180 e. The average molecular weight is 201 g/mol. The summed E-state index contributed by atoms with van der Waals surface area (Å²) in [5.74, 6) is 3.23. The third kappa shape index (κ3) is 4.37. The van der Waals surface area contributed by atoms with E-state index in [1.165, 1.54) is 44.5 Å². The zero-order valence-corrected chi connectivity index (χ0v) is 9.83. The molecule has 1 aliphatic rings. The molecule has 0 spiro atoms. The molecule has 0 bridgehead atoms. The second kappa shape index (κ2) is 6.72. The lowest BCUT2D eigenvalue weighted by Gasteiger charge is -2.15. The van der Waals surface area contributed by atoms with Crippen LogP contribution in [0.25, 0.3) is 0 Å². The first-order valence-electron chi connectivity index (χ1n) is 5.54. The molecule has 1 aliphatic carbocycles. The van der Waals surface area contributed by atoms with Crippen LogP contribution in [0, 0.1) is 11.8 Å². The van der Waals surface area contributed by atoms with Crippen molar-refractivity contribution >= 4 is 11.8 Å². The smallest absolute Gasteiger partial charge is 0.00180 e. The first-order chi connectivity index (χ1) is 6.34. The summed E-state index contributed by atoms with van der Waals surface area (Å²) in [7, 11) is 0. The Morgan fingerprint density at radius 3 is 2.85 bits per heavy atom. The Labute approximate surface area is 87.1 Å². The molecule has 1 nitrogen and oxygen atoms in total. The fourth-order valence-corrected chi connectivity index (χ4v) is 2.59. The summed E-state index contributed by atoms with van der Waals surface area (Å²) in [4.78, 5) is 0. The van der Waals surface area contributed by atoms with Gasteiger partial charge in [0.05, 0.1) is 0 Å². The number of rotatable bonds is 6. The van der Waals surface area contributed by atoms with E-state index in [-0.39, 0.29) is 0 Å². The van der Waals surface area contributed by atoms with Gasteiger partial charge in [-0.05, 0) is 49.8 Å². The van der Waals surface area contributed by atoms with Gasteiger partial charge in [-0.25, -0.2) is 0 Å². The summed E-state index contributed by atoms with van der Waals surface area (Å²) in [5, 5.41) is 3.58. The molecule has 1 fully saturated rings. The molecule has 2 atom stereocenters. The van der Waals surface area contributed by atoms with E-state index in [4.69, 9.17) is 0 Å². The van der Waals surface area contributed by atoms with Crippen molar-refractivity contribution in [1.82, 2.24) is 5.32 Å². The van der Waals surface area contributed by atoms with Crippen LogP contribution in [0.5, 0.6) is 0 Å². The molecule has 2 unspecified atom stereocenters. The van der Waals surface area contributed by atoms with Gasteiger partial charge in [0.2, 0.25) is 0 Å². The van der Waals surface area contributed by atoms with Crippen LogP contribution in [0.1, 0.15) is 32.6 Å². The number of hydrogen-bond acceptors (Lipinski definition) is 2. The van der Waals surface area contributed by atoms with Crippen molar-refractivity contribution < 1.29 is 0 Å². The molecule has 0 heterocycles. The van der Waals surface area contributed by atoms with Crippen molar-refractivity contribution in [2.24, 2.45) is 11.8 Å². The van der Waals surface area contributed by atoms with Crippen molar-refractivity contribution in [2.45, 2.75) is 32.6 Å². The molecule has 0 aliphatic heterocycles. The van der Waals surface area contributed by atoms with Crippen LogP contribution in [-0.2, 0) is 0 Å². The Balaban J connectivity index is 1.93. The zero-order chi connectivity index (χ0) is 9.52. The fourth-order valence-electron chi connectivity index (χ4n) is 2.15. The standard InChI is InChI=1S/C11H23NS/c1-10-5-3-6-11(10)9-12-7-4-8-13-2/h10-12H,3-9H2,1-2H3. The van der Waals surface area contributed by atoms with Gasteiger partial charge in [0.15, 0.2) is 0 Å². The van der Waals surface area contributed by atoms with Gasteiger partial charge < -0.3 is 5.32 Å². The molecule has 0 aromatic heterocycles. The van der Waals surface area contributed by atoms with Crippen LogP contribution < -0.4 is 5.32 Å². The van der Waals surface area contributed by atoms with Crippen LogP contribution in [0.4, 0.5) is 0 Å². The van der Waals surface area contributed by atoms with Gasteiger partial charge >= 0.3 is 0 Å². The molecule has 1 N–H and O–H groups in total. The quantitative estimate of drug-likeness (QED) is 0.663. The second-order valence-electron chi connectivity index (χ2n) is 4.22. The summed E-state index contributed by atoms with van der Waals surface area (Å²) >= 11 is 1.94. The fraction of sp³-hybridized carbons (Fsp3) is 1.00. The molecule has 0 aromatic rings. The largest absolute Gasteiger partial charge is 0.316 e. The minimum Gasteiger partial charge on any atom is -0.316 e. The van der Waals surface area contributed by atoms with Crippen LogP contribution in [0.2, 0.25) is 0 Å². The Morgan fingerprint density at radius 1 is 1.38 bits per heavy atom. The molecular weight excluding hydrogens is 178 g/mol. The van der Waals surface area contributed by atoms with Gasteiger partial charge in [-0.3, -0.25) is 0 Å². The summed E-state index contributed by atoms with van der Waals surface area (Å²) in [6.07, 6.45) is 7.87. The highest BCUT2D eigenvalue weighted by molar-refractivity contribution is 7.98. The van der Waals surface area contributed by atoms with E-state index in [0.717, 1.165) is 11.8 Å². The minimum atomic E-state index is 0.966. The maximum absolute atomic E-state index is 3.58. The number of hydrogen-bond donors (Lipinski definition) is 1. The van der Waals surface area contributed by atoms with E-state index >= 15 is 0 Å². The Kier molecular flexibility index (Phi) is 5.88. The Bertz CT molecular complexity index is 127. The molecule has 1 saturated carbocycles. The van der Waals surface area contributed by atoms with Crippen molar-refractivity contribution in [3.8, 4) is 0 Å². The zero-order valence-electron chi connectivity index (χ0n) is 9.01. The van der Waals surface area contributed by atoms with Crippen molar-refractivity contribution in [1.29, 1.82) is 0 Å². The van der Waals surface area contributed by atoms with Gasteiger partial charge in [-0.1, -0.05) is 19.8 Å². The van der Waals surface area contributed by atoms with Crippen LogP contribution >= 0.6 is 11.8 Å². The number of nitrogens with one attached hydrogen (secondary N) is 1. The lowest BCUT2D eigenvalue weighted by Crippen LogP contribution is -2.25. The third-order valence-corrected chi connectivity index (χ3v) is 3.84. The summed E-state index contributed by atoms with van der Waals surface area (Å²) in [6, 6.07) is 0. The predicted octanol–water partition coefficient (Wildman–Crippen LogP) is 2.77. The molecule has 13 heavy (non-hydrogen) atoms. The highest BCUT2D eigenvalue weighted by atomic mass is 32.2. The first-order valence-corrected chi connectivity index (χ1v) is 6.93. The van der Waals surface area contributed by atoms with E-state index in [1.807, 2.05) is 11.8 Å². The normalized spacial score (nSPS) is 28.2. The lowest BCUT2D eigenvalue weighted by atomic mass is 9.98. The Morgan fingerprint density at radius 2 is 2.23 bits per heavy atom. The summed E-state index contributed by atoms with van der Waals surface area (Å²) in [6.45, 7) is 4.88. The molecule has 1 rings (SSSR count). The number of thioether (sulfide) groups is 1. The first kappa shape index (κ1) is 11.4. The van der Waals surface area contributed by atoms with Gasteiger partial charge in [-0.15, -0.1) is 0 Å². The molecule has 78 valence electrons. The van der Waals surface area contributed by atoms with E-state index in [9.17, 15) is 0 Å². The van der Waals surface area contributed by atoms with Gasteiger partial charge in [0.25, 0.3) is 0 Å². The molecule has 0 amide bonds. The van der Waals surface area contributed by atoms with E-state index in [0.29, 0.717) is 0 Å². The molecule has 0 aromatic carbocycles. The predicted molar refractivity (Wildman–Crippen MR) is 62.4 cm³/mol. The van der Waals surface area contributed by atoms with E-state index < -0.39 is 0 Å². The van der Waals surface area contributed by atoms with Gasteiger partial charge in [0.1, 0.15) is 0 Å². The van der Waals surface area contributed by atoms with Crippen LogP contribution in [0.3, 0.4) is 0 Å².